The summed E-state index contributed by atoms with van der Waals surface area (Å²) in [6.07, 6.45) is 0. The van der Waals surface area contributed by atoms with Crippen molar-refractivity contribution in [3.05, 3.63) is 60.2 Å². The molecule has 3 rings (SSSR count). The van der Waals surface area contributed by atoms with Gasteiger partial charge in [0.1, 0.15) is 0 Å². The Morgan fingerprint density at radius 3 is 2.17 bits per heavy atom. The maximum absolute atomic E-state index is 10.8. The smallest absolute Gasteiger partial charge is 0.335 e. The molecule has 0 saturated carbocycles. The lowest BCUT2D eigenvalue weighted by atomic mass is 10.2. The number of carbonyl (C=O) groups is 1. The van der Waals surface area contributed by atoms with Crippen LogP contribution in [0.5, 0.6) is 0 Å². The highest BCUT2D eigenvalue weighted by atomic mass is 16.4. The molecule has 6 heteroatoms. The maximum atomic E-state index is 10.8. The van der Waals surface area contributed by atoms with Crippen molar-refractivity contribution in [2.45, 2.75) is 0 Å². The minimum absolute atomic E-state index is 0.250. The molecule has 1 saturated heterocycles. The van der Waals surface area contributed by atoms with Gasteiger partial charge in [-0.15, -0.1) is 5.11 Å². The Labute approximate surface area is 134 Å². The number of nitrogens with zero attached hydrogens (tertiary/aromatic N) is 4. The fourth-order valence-corrected chi connectivity index (χ4v) is 2.47. The van der Waals surface area contributed by atoms with Crippen molar-refractivity contribution in [3.8, 4) is 0 Å². The molecule has 0 atom stereocenters. The van der Waals surface area contributed by atoms with Gasteiger partial charge in [0, 0.05) is 18.8 Å². The number of hydrogen-bond donors (Lipinski definition) is 1. The quantitative estimate of drug-likeness (QED) is 0.881. The van der Waals surface area contributed by atoms with Gasteiger partial charge in [0.25, 0.3) is 0 Å². The number of hydrogen-bond acceptors (Lipinski definition) is 4. The zero-order valence-electron chi connectivity index (χ0n) is 12.7. The number of aromatic carboxylic acids is 1. The first-order chi connectivity index (χ1) is 11.2. The van der Waals surface area contributed by atoms with Gasteiger partial charge < -0.3 is 10.0 Å². The number of piperazine rings is 1. The molecule has 0 amide bonds. The van der Waals surface area contributed by atoms with E-state index in [1.807, 2.05) is 23.2 Å². The van der Waals surface area contributed by atoms with E-state index in [-0.39, 0.29) is 5.56 Å². The van der Waals surface area contributed by atoms with Gasteiger partial charge in [0.15, 0.2) is 0 Å². The molecule has 1 aliphatic rings. The molecular weight excluding hydrogens is 292 g/mol. The van der Waals surface area contributed by atoms with Crippen LogP contribution in [0.15, 0.2) is 64.9 Å². The molecule has 0 radical (unpaired) electrons. The normalized spacial score (nSPS) is 15.1. The van der Waals surface area contributed by atoms with Gasteiger partial charge in [0.2, 0.25) is 0 Å². The van der Waals surface area contributed by atoms with Crippen molar-refractivity contribution in [2.75, 3.05) is 31.1 Å². The lowest BCUT2D eigenvalue weighted by Crippen LogP contribution is -2.43. The van der Waals surface area contributed by atoms with Crippen molar-refractivity contribution in [3.63, 3.8) is 0 Å². The largest absolute Gasteiger partial charge is 0.478 e. The highest BCUT2D eigenvalue weighted by molar-refractivity contribution is 5.87. The number of anilines is 1. The van der Waals surface area contributed by atoms with Crippen LogP contribution < -0.4 is 4.90 Å². The lowest BCUT2D eigenvalue weighted by molar-refractivity contribution is 0.0697. The van der Waals surface area contributed by atoms with Gasteiger partial charge >= 0.3 is 5.97 Å². The van der Waals surface area contributed by atoms with Crippen molar-refractivity contribution in [1.82, 2.24) is 5.01 Å². The van der Waals surface area contributed by atoms with Gasteiger partial charge in [0.05, 0.1) is 24.3 Å². The molecule has 0 unspecified atom stereocenters. The average Bonchev–Trinajstić information content (AvgIpc) is 2.61. The van der Waals surface area contributed by atoms with Gasteiger partial charge in [-0.2, -0.15) is 0 Å². The average molecular weight is 310 g/mol. The van der Waals surface area contributed by atoms with E-state index < -0.39 is 5.97 Å². The molecule has 0 aliphatic carbocycles. The molecule has 1 fully saturated rings. The van der Waals surface area contributed by atoms with E-state index in [9.17, 15) is 4.79 Å². The Bertz CT molecular complexity index is 677. The molecular formula is C17H18N4O2. The number of carboxylic acids is 1. The summed E-state index contributed by atoms with van der Waals surface area (Å²) in [7, 11) is 0. The predicted octanol–water partition coefficient (Wildman–Crippen LogP) is 3.21. The van der Waals surface area contributed by atoms with Crippen LogP contribution in [-0.2, 0) is 0 Å². The third-order valence-electron chi connectivity index (χ3n) is 3.78. The van der Waals surface area contributed by atoms with E-state index in [1.54, 1.807) is 12.1 Å². The topological polar surface area (TPSA) is 68.5 Å². The van der Waals surface area contributed by atoms with Crippen molar-refractivity contribution < 1.29 is 9.90 Å². The van der Waals surface area contributed by atoms with E-state index in [0.717, 1.165) is 26.2 Å². The number of carboxylic acid groups (broad SMARTS) is 1. The molecule has 1 heterocycles. The van der Waals surface area contributed by atoms with E-state index in [4.69, 9.17) is 5.11 Å². The summed E-state index contributed by atoms with van der Waals surface area (Å²) in [5, 5.41) is 19.2. The van der Waals surface area contributed by atoms with E-state index in [2.05, 4.69) is 27.4 Å². The molecule has 1 aliphatic heterocycles. The monoisotopic (exact) mass is 310 g/mol. The summed E-state index contributed by atoms with van der Waals surface area (Å²) in [6.45, 7) is 3.43. The molecule has 2 aromatic carbocycles. The minimum atomic E-state index is -0.939. The number of para-hydroxylation sites is 1. The predicted molar refractivity (Wildman–Crippen MR) is 88.1 cm³/mol. The molecule has 0 spiro atoms. The first kappa shape index (κ1) is 15.0. The zero-order chi connectivity index (χ0) is 16.1. The third kappa shape index (κ3) is 3.85. The Hall–Kier alpha value is -2.89. The molecule has 0 bridgehead atoms. The van der Waals surface area contributed by atoms with Crippen molar-refractivity contribution in [1.29, 1.82) is 0 Å². The van der Waals surface area contributed by atoms with Crippen LogP contribution >= 0.6 is 0 Å². The molecule has 6 nitrogen and oxygen atoms in total. The third-order valence-corrected chi connectivity index (χ3v) is 3.78. The van der Waals surface area contributed by atoms with Crippen LogP contribution in [0.2, 0.25) is 0 Å². The van der Waals surface area contributed by atoms with Crippen LogP contribution in [0.1, 0.15) is 10.4 Å². The fourth-order valence-electron chi connectivity index (χ4n) is 2.47. The summed E-state index contributed by atoms with van der Waals surface area (Å²) < 4.78 is 0. The van der Waals surface area contributed by atoms with Gasteiger partial charge in [-0.3, -0.25) is 5.01 Å². The second-order valence-corrected chi connectivity index (χ2v) is 5.32. The first-order valence-corrected chi connectivity index (χ1v) is 7.52. The van der Waals surface area contributed by atoms with Crippen LogP contribution in [-0.4, -0.2) is 42.3 Å². The standard InChI is InChI=1S/C17H18N4O2/c22-17(23)14-6-8-15(9-7-14)18-19-21-12-10-20(11-13-21)16-4-2-1-3-5-16/h1-9H,10-13H2,(H,22,23). The maximum Gasteiger partial charge on any atom is 0.335 e. The first-order valence-electron chi connectivity index (χ1n) is 7.52. The van der Waals surface area contributed by atoms with Crippen LogP contribution in [0.3, 0.4) is 0 Å². The van der Waals surface area contributed by atoms with Gasteiger partial charge in [-0.25, -0.2) is 4.79 Å². The number of benzene rings is 2. The summed E-state index contributed by atoms with van der Waals surface area (Å²) in [5.41, 5.74) is 2.13. The Morgan fingerprint density at radius 2 is 1.57 bits per heavy atom. The highest BCUT2D eigenvalue weighted by Crippen LogP contribution is 2.17. The van der Waals surface area contributed by atoms with E-state index in [0.29, 0.717) is 5.69 Å². The summed E-state index contributed by atoms with van der Waals surface area (Å²) in [5.74, 6) is -0.939. The molecule has 23 heavy (non-hydrogen) atoms. The summed E-state index contributed by atoms with van der Waals surface area (Å²) >= 11 is 0. The Balaban J connectivity index is 1.55. The van der Waals surface area contributed by atoms with Crippen LogP contribution in [0, 0.1) is 0 Å². The Morgan fingerprint density at radius 1 is 0.913 bits per heavy atom. The van der Waals surface area contributed by atoms with Crippen LogP contribution in [0.25, 0.3) is 0 Å². The SMILES string of the molecule is O=C(O)c1ccc(N=NN2CCN(c3ccccc3)CC2)cc1. The van der Waals surface area contributed by atoms with E-state index in [1.165, 1.54) is 17.8 Å². The molecule has 2 aromatic rings. The highest BCUT2D eigenvalue weighted by Gasteiger charge is 2.15. The zero-order valence-corrected chi connectivity index (χ0v) is 12.7. The van der Waals surface area contributed by atoms with Crippen LogP contribution in [0.4, 0.5) is 11.4 Å². The van der Waals surface area contributed by atoms with Crippen molar-refractivity contribution >= 4 is 17.3 Å². The summed E-state index contributed by atoms with van der Waals surface area (Å²) in [4.78, 5) is 13.1. The number of rotatable bonds is 4. The minimum Gasteiger partial charge on any atom is -0.478 e. The van der Waals surface area contributed by atoms with Gasteiger partial charge in [-0.05, 0) is 36.4 Å². The fraction of sp³-hybridized carbons (Fsp3) is 0.235. The second kappa shape index (κ2) is 6.91. The molecule has 1 N–H and O–H groups in total. The second-order valence-electron chi connectivity index (χ2n) is 5.32. The molecule has 0 aromatic heterocycles. The van der Waals surface area contributed by atoms with Gasteiger partial charge in [-0.1, -0.05) is 23.4 Å². The lowest BCUT2D eigenvalue weighted by Gasteiger charge is -2.33. The van der Waals surface area contributed by atoms with Crippen molar-refractivity contribution in [2.24, 2.45) is 10.3 Å². The summed E-state index contributed by atoms with van der Waals surface area (Å²) in [6, 6.07) is 16.7. The molecule has 118 valence electrons. The Kier molecular flexibility index (Phi) is 4.52. The van der Waals surface area contributed by atoms with E-state index >= 15 is 0 Å².